The van der Waals surface area contributed by atoms with Crippen LogP contribution >= 0.6 is 27.5 Å². The van der Waals surface area contributed by atoms with Gasteiger partial charge in [-0.2, -0.15) is 5.10 Å². The molecule has 0 aliphatic carbocycles. The van der Waals surface area contributed by atoms with Crippen molar-refractivity contribution in [2.45, 2.75) is 18.8 Å². The zero-order valence-electron chi connectivity index (χ0n) is 10.2. The Hall–Kier alpha value is -1.14. The van der Waals surface area contributed by atoms with Crippen LogP contribution in [0.1, 0.15) is 24.6 Å². The van der Waals surface area contributed by atoms with E-state index in [1.807, 2.05) is 6.07 Å². The van der Waals surface area contributed by atoms with E-state index in [1.54, 1.807) is 12.5 Å². The molecule has 0 aromatic carbocycles. The van der Waals surface area contributed by atoms with Gasteiger partial charge in [0.05, 0.1) is 5.02 Å². The Kier molecular flexibility index (Phi) is 3.70. The van der Waals surface area contributed by atoms with Crippen molar-refractivity contribution in [3.05, 3.63) is 33.9 Å². The Balaban J connectivity index is 1.81. The molecule has 3 heterocycles. The largest absolute Gasteiger partial charge is 0.355 e. The predicted molar refractivity (Wildman–Crippen MR) is 77.5 cm³/mol. The fourth-order valence-corrected chi connectivity index (χ4v) is 3.19. The Morgan fingerprint density at radius 2 is 2.32 bits per heavy atom. The molecule has 19 heavy (non-hydrogen) atoms. The molecule has 0 bridgehead atoms. The second kappa shape index (κ2) is 5.46. The van der Waals surface area contributed by atoms with Gasteiger partial charge in [-0.1, -0.05) is 11.6 Å². The average Bonchev–Trinajstić information content (AvgIpc) is 2.93. The first-order chi connectivity index (χ1) is 9.24. The second-order valence-electron chi connectivity index (χ2n) is 4.61. The second-order valence-corrected chi connectivity index (χ2v) is 5.94. The van der Waals surface area contributed by atoms with Crippen molar-refractivity contribution >= 4 is 33.3 Å². The number of pyridine rings is 1. The highest BCUT2D eigenvalue weighted by Gasteiger charge is 2.25. The molecular weight excluding hydrogens is 330 g/mol. The van der Waals surface area contributed by atoms with Crippen molar-refractivity contribution < 1.29 is 0 Å². The quantitative estimate of drug-likeness (QED) is 0.911. The third-order valence-corrected chi connectivity index (χ3v) is 4.04. The van der Waals surface area contributed by atoms with Crippen LogP contribution in [0, 0.1) is 0 Å². The standard InChI is InChI=1S/C12H13BrClN5/c13-9-4-10(14)12(15-5-9)19-3-1-2-8(6-19)11-16-7-17-18-11/h4-5,7-8H,1-3,6H2,(H,16,17,18)/t8-/m1/s1. The van der Waals surface area contributed by atoms with Crippen LogP contribution in [0.5, 0.6) is 0 Å². The highest BCUT2D eigenvalue weighted by atomic mass is 79.9. The van der Waals surface area contributed by atoms with E-state index in [4.69, 9.17) is 11.6 Å². The first-order valence-electron chi connectivity index (χ1n) is 6.15. The van der Waals surface area contributed by atoms with Crippen LogP contribution in [0.4, 0.5) is 5.82 Å². The lowest BCUT2D eigenvalue weighted by molar-refractivity contribution is 0.490. The molecule has 0 amide bonds. The minimum Gasteiger partial charge on any atom is -0.355 e. The van der Waals surface area contributed by atoms with Crippen molar-refractivity contribution in [1.82, 2.24) is 20.2 Å². The molecule has 0 spiro atoms. The average molecular weight is 343 g/mol. The van der Waals surface area contributed by atoms with Crippen LogP contribution in [-0.4, -0.2) is 33.3 Å². The molecule has 7 heteroatoms. The fourth-order valence-electron chi connectivity index (χ4n) is 2.44. The summed E-state index contributed by atoms with van der Waals surface area (Å²) < 4.78 is 0.894. The number of nitrogens with one attached hydrogen (secondary N) is 1. The van der Waals surface area contributed by atoms with E-state index in [1.165, 1.54) is 0 Å². The van der Waals surface area contributed by atoms with E-state index in [0.29, 0.717) is 10.9 Å². The number of halogens is 2. The fraction of sp³-hybridized carbons (Fsp3) is 0.417. The van der Waals surface area contributed by atoms with Gasteiger partial charge in [-0.15, -0.1) is 0 Å². The van der Waals surface area contributed by atoms with Crippen LogP contribution in [-0.2, 0) is 0 Å². The summed E-state index contributed by atoms with van der Waals surface area (Å²) in [5.41, 5.74) is 0. The van der Waals surface area contributed by atoms with E-state index in [9.17, 15) is 0 Å². The van der Waals surface area contributed by atoms with Crippen molar-refractivity contribution in [3.63, 3.8) is 0 Å². The molecule has 1 fully saturated rings. The molecule has 3 rings (SSSR count). The van der Waals surface area contributed by atoms with Crippen molar-refractivity contribution in [3.8, 4) is 0 Å². The number of aromatic nitrogens is 4. The van der Waals surface area contributed by atoms with Crippen molar-refractivity contribution in [2.75, 3.05) is 18.0 Å². The normalized spacial score (nSPS) is 19.7. The van der Waals surface area contributed by atoms with Gasteiger partial charge in [0.1, 0.15) is 18.0 Å². The summed E-state index contributed by atoms with van der Waals surface area (Å²) in [6.45, 7) is 1.84. The molecule has 1 aliphatic heterocycles. The highest BCUT2D eigenvalue weighted by Crippen LogP contribution is 2.32. The number of H-pyrrole nitrogens is 1. The smallest absolute Gasteiger partial charge is 0.147 e. The number of anilines is 1. The van der Waals surface area contributed by atoms with Gasteiger partial charge in [-0.3, -0.25) is 5.10 Å². The number of hydrogen-bond donors (Lipinski definition) is 1. The molecule has 100 valence electrons. The Morgan fingerprint density at radius 3 is 3.05 bits per heavy atom. The first-order valence-corrected chi connectivity index (χ1v) is 7.32. The maximum atomic E-state index is 6.27. The van der Waals surface area contributed by atoms with Gasteiger partial charge in [0.15, 0.2) is 0 Å². The van der Waals surface area contributed by atoms with Gasteiger partial charge in [-0.25, -0.2) is 9.97 Å². The lowest BCUT2D eigenvalue weighted by atomic mass is 9.97. The number of piperidine rings is 1. The monoisotopic (exact) mass is 341 g/mol. The number of nitrogens with zero attached hydrogens (tertiary/aromatic N) is 4. The van der Waals surface area contributed by atoms with Gasteiger partial charge in [0.2, 0.25) is 0 Å². The lowest BCUT2D eigenvalue weighted by Gasteiger charge is -2.33. The van der Waals surface area contributed by atoms with Gasteiger partial charge in [0, 0.05) is 29.7 Å². The highest BCUT2D eigenvalue weighted by molar-refractivity contribution is 9.10. The molecule has 1 N–H and O–H groups in total. The van der Waals surface area contributed by atoms with Crippen LogP contribution in [0.15, 0.2) is 23.1 Å². The Labute approximate surface area is 124 Å². The van der Waals surface area contributed by atoms with E-state index in [2.05, 4.69) is 41.0 Å². The van der Waals surface area contributed by atoms with Crippen LogP contribution < -0.4 is 4.90 Å². The van der Waals surface area contributed by atoms with Gasteiger partial charge < -0.3 is 4.90 Å². The van der Waals surface area contributed by atoms with Crippen LogP contribution in [0.25, 0.3) is 0 Å². The number of aromatic amines is 1. The third kappa shape index (κ3) is 2.74. The molecule has 1 atom stereocenters. The van der Waals surface area contributed by atoms with Crippen LogP contribution in [0.3, 0.4) is 0 Å². The molecule has 2 aromatic rings. The summed E-state index contributed by atoms with van der Waals surface area (Å²) in [5, 5.41) is 7.55. The van der Waals surface area contributed by atoms with Gasteiger partial charge in [0.25, 0.3) is 0 Å². The molecule has 2 aromatic heterocycles. The maximum absolute atomic E-state index is 6.27. The topological polar surface area (TPSA) is 57.7 Å². The first kappa shape index (κ1) is 12.9. The zero-order valence-corrected chi connectivity index (χ0v) is 12.5. The van der Waals surface area contributed by atoms with E-state index in [-0.39, 0.29) is 0 Å². The minimum atomic E-state index is 0.359. The maximum Gasteiger partial charge on any atom is 0.147 e. The van der Waals surface area contributed by atoms with Gasteiger partial charge in [-0.05, 0) is 34.8 Å². The number of rotatable bonds is 2. The molecular formula is C12H13BrClN5. The molecule has 1 aliphatic rings. The summed E-state index contributed by atoms with van der Waals surface area (Å²) in [6, 6.07) is 1.88. The summed E-state index contributed by atoms with van der Waals surface area (Å²) in [7, 11) is 0. The SMILES string of the molecule is Clc1cc(Br)cnc1N1CCC[C@@H](c2ncn[nH]2)C1. The molecule has 0 radical (unpaired) electrons. The molecule has 1 saturated heterocycles. The number of hydrogen-bond acceptors (Lipinski definition) is 4. The third-order valence-electron chi connectivity index (χ3n) is 3.33. The van der Waals surface area contributed by atoms with Crippen molar-refractivity contribution in [1.29, 1.82) is 0 Å². The van der Waals surface area contributed by atoms with Gasteiger partial charge >= 0.3 is 0 Å². The Morgan fingerprint density at radius 1 is 1.42 bits per heavy atom. The summed E-state index contributed by atoms with van der Waals surface area (Å²) in [6.07, 6.45) is 5.54. The lowest BCUT2D eigenvalue weighted by Crippen LogP contribution is -2.35. The van der Waals surface area contributed by atoms with E-state index >= 15 is 0 Å². The minimum absolute atomic E-state index is 0.359. The molecule has 5 nitrogen and oxygen atoms in total. The summed E-state index contributed by atoms with van der Waals surface area (Å²) >= 11 is 9.64. The Bertz CT molecular complexity index is 559. The summed E-state index contributed by atoms with van der Waals surface area (Å²) in [4.78, 5) is 10.9. The van der Waals surface area contributed by atoms with Crippen molar-refractivity contribution in [2.24, 2.45) is 0 Å². The summed E-state index contributed by atoms with van der Waals surface area (Å²) in [5.74, 6) is 2.14. The predicted octanol–water partition coefficient (Wildman–Crippen LogP) is 3.00. The molecule has 0 saturated carbocycles. The van der Waals surface area contributed by atoms with Crippen LogP contribution in [0.2, 0.25) is 5.02 Å². The molecule has 0 unspecified atom stereocenters. The van der Waals surface area contributed by atoms with E-state index < -0.39 is 0 Å². The zero-order chi connectivity index (χ0) is 13.2. The van der Waals surface area contributed by atoms with E-state index in [0.717, 1.165) is 42.0 Å².